The number of rotatable bonds is 6. The Hall–Kier alpha value is -2.10. The predicted octanol–water partition coefficient (Wildman–Crippen LogP) is 4.78. The average Bonchev–Trinajstić information content (AvgIpc) is 2.69. The van der Waals surface area contributed by atoms with E-state index in [1.54, 1.807) is 54.6 Å². The van der Waals surface area contributed by atoms with E-state index in [0.29, 0.717) is 16.4 Å². The minimum Gasteiger partial charge on any atom is -0.325 e. The number of nitrogens with one attached hydrogen (secondary N) is 1. The molecule has 3 aromatic rings. The predicted molar refractivity (Wildman–Crippen MR) is 120 cm³/mol. The molecule has 5 nitrogen and oxygen atoms in total. The van der Waals surface area contributed by atoms with Crippen LogP contribution in [0.5, 0.6) is 0 Å². The van der Waals surface area contributed by atoms with Crippen molar-refractivity contribution in [3.8, 4) is 0 Å². The Labute approximate surface area is 182 Å². The molecule has 28 heavy (non-hydrogen) atoms. The lowest BCUT2D eigenvalue weighted by Gasteiger charge is -2.24. The Morgan fingerprint density at radius 1 is 0.929 bits per heavy atom. The molecule has 0 fully saturated rings. The maximum Gasteiger partial charge on any atom is 0.264 e. The fourth-order valence-corrected chi connectivity index (χ4v) is 4.43. The highest BCUT2D eigenvalue weighted by molar-refractivity contribution is 14.1. The summed E-state index contributed by atoms with van der Waals surface area (Å²) in [7, 11) is -3.93. The van der Waals surface area contributed by atoms with Crippen molar-refractivity contribution in [2.24, 2.45) is 0 Å². The Balaban J connectivity index is 1.91. The molecule has 0 spiro atoms. The lowest BCUT2D eigenvalue weighted by molar-refractivity contribution is -0.114. The van der Waals surface area contributed by atoms with Crippen molar-refractivity contribution in [1.29, 1.82) is 0 Å². The molecule has 0 unspecified atom stereocenters. The van der Waals surface area contributed by atoms with E-state index < -0.39 is 15.9 Å². The van der Waals surface area contributed by atoms with Gasteiger partial charge in [-0.3, -0.25) is 9.10 Å². The molecular weight excluding hydrogens is 511 g/mol. The molecular formula is C20H16ClIN2O3S. The highest BCUT2D eigenvalue weighted by atomic mass is 127. The Morgan fingerprint density at radius 2 is 1.54 bits per heavy atom. The number of halogens is 2. The van der Waals surface area contributed by atoms with Crippen molar-refractivity contribution in [1.82, 2.24) is 0 Å². The Kier molecular flexibility index (Phi) is 6.58. The first kappa shape index (κ1) is 20.6. The van der Waals surface area contributed by atoms with Crippen molar-refractivity contribution in [2.45, 2.75) is 4.90 Å². The molecule has 8 heteroatoms. The summed E-state index contributed by atoms with van der Waals surface area (Å²) in [6.07, 6.45) is 0. The highest BCUT2D eigenvalue weighted by Gasteiger charge is 2.27. The van der Waals surface area contributed by atoms with Gasteiger partial charge in [-0.2, -0.15) is 0 Å². The van der Waals surface area contributed by atoms with Gasteiger partial charge in [-0.15, -0.1) is 0 Å². The number of anilines is 2. The lowest BCUT2D eigenvalue weighted by Crippen LogP contribution is -2.38. The van der Waals surface area contributed by atoms with E-state index in [4.69, 9.17) is 11.6 Å². The third-order valence-electron chi connectivity index (χ3n) is 3.86. The number of nitrogens with zero attached hydrogens (tertiary/aromatic N) is 1. The molecule has 0 atom stereocenters. The summed E-state index contributed by atoms with van der Waals surface area (Å²) in [5.41, 5.74) is 0.949. The van der Waals surface area contributed by atoms with Crippen molar-refractivity contribution in [3.05, 3.63) is 87.5 Å². The molecule has 0 aliphatic rings. The van der Waals surface area contributed by atoms with Crippen molar-refractivity contribution in [2.75, 3.05) is 16.2 Å². The highest BCUT2D eigenvalue weighted by Crippen LogP contribution is 2.25. The Bertz CT molecular complexity index is 1060. The lowest BCUT2D eigenvalue weighted by atomic mass is 10.3. The van der Waals surface area contributed by atoms with Gasteiger partial charge in [0, 0.05) is 14.3 Å². The van der Waals surface area contributed by atoms with E-state index in [1.165, 1.54) is 12.1 Å². The quantitative estimate of drug-likeness (QED) is 0.470. The van der Waals surface area contributed by atoms with Gasteiger partial charge < -0.3 is 5.32 Å². The van der Waals surface area contributed by atoms with Gasteiger partial charge in [0.05, 0.1) is 10.6 Å². The number of carbonyl (C=O) groups excluding carboxylic acids is 1. The minimum absolute atomic E-state index is 0.104. The zero-order valence-corrected chi connectivity index (χ0v) is 18.3. The second kappa shape index (κ2) is 8.93. The summed E-state index contributed by atoms with van der Waals surface area (Å²) >= 11 is 8.09. The monoisotopic (exact) mass is 526 g/mol. The first-order chi connectivity index (χ1) is 13.4. The summed E-state index contributed by atoms with van der Waals surface area (Å²) in [4.78, 5) is 12.7. The SMILES string of the molecule is O=C(CN(c1ccc(Cl)cc1)S(=O)(=O)c1ccccc1)Nc1ccc(I)cc1. The van der Waals surface area contributed by atoms with E-state index in [1.807, 2.05) is 12.1 Å². The molecule has 0 saturated heterocycles. The second-order valence-corrected chi connectivity index (χ2v) is 9.40. The van der Waals surface area contributed by atoms with E-state index >= 15 is 0 Å². The van der Waals surface area contributed by atoms with Crippen molar-refractivity contribution < 1.29 is 13.2 Å². The van der Waals surface area contributed by atoms with Crippen LogP contribution < -0.4 is 9.62 Å². The standard InChI is InChI=1S/C20H16ClIN2O3S/c21-15-6-12-18(13-7-15)24(28(26,27)19-4-2-1-3-5-19)14-20(25)23-17-10-8-16(22)9-11-17/h1-13H,14H2,(H,23,25). The van der Waals surface area contributed by atoms with Crippen LogP contribution in [0.15, 0.2) is 83.8 Å². The summed E-state index contributed by atoms with van der Waals surface area (Å²) in [5, 5.41) is 3.21. The van der Waals surface area contributed by atoms with Gasteiger partial charge in [-0.25, -0.2) is 8.42 Å². The third-order valence-corrected chi connectivity index (χ3v) is 6.62. The van der Waals surface area contributed by atoms with Crippen LogP contribution in [-0.2, 0) is 14.8 Å². The van der Waals surface area contributed by atoms with Gasteiger partial charge in [-0.05, 0) is 83.3 Å². The van der Waals surface area contributed by atoms with Crippen LogP contribution >= 0.6 is 34.2 Å². The molecule has 0 aliphatic carbocycles. The summed E-state index contributed by atoms with van der Waals surface area (Å²) in [5.74, 6) is -0.448. The van der Waals surface area contributed by atoms with Crippen LogP contribution in [-0.4, -0.2) is 20.9 Å². The van der Waals surface area contributed by atoms with Crippen LogP contribution in [0.1, 0.15) is 0 Å². The maximum atomic E-state index is 13.2. The molecule has 0 saturated carbocycles. The van der Waals surface area contributed by atoms with Crippen LogP contribution in [0.25, 0.3) is 0 Å². The van der Waals surface area contributed by atoms with Crippen LogP contribution in [0.2, 0.25) is 5.02 Å². The first-order valence-corrected chi connectivity index (χ1v) is 11.1. The second-order valence-electron chi connectivity index (χ2n) is 5.86. The molecule has 0 aliphatic heterocycles. The average molecular weight is 527 g/mol. The number of benzene rings is 3. The van der Waals surface area contributed by atoms with Crippen molar-refractivity contribution >= 4 is 61.5 Å². The number of hydrogen-bond acceptors (Lipinski definition) is 3. The van der Waals surface area contributed by atoms with E-state index in [0.717, 1.165) is 7.88 Å². The molecule has 3 rings (SSSR count). The Morgan fingerprint density at radius 3 is 2.14 bits per heavy atom. The van der Waals surface area contributed by atoms with Gasteiger partial charge >= 0.3 is 0 Å². The zero-order valence-electron chi connectivity index (χ0n) is 14.5. The van der Waals surface area contributed by atoms with Gasteiger partial charge in [0.25, 0.3) is 10.0 Å². The van der Waals surface area contributed by atoms with Crippen LogP contribution in [0, 0.1) is 3.57 Å². The van der Waals surface area contributed by atoms with Crippen molar-refractivity contribution in [3.63, 3.8) is 0 Å². The summed E-state index contributed by atoms with van der Waals surface area (Å²) in [6, 6.07) is 21.5. The molecule has 0 heterocycles. The molecule has 3 aromatic carbocycles. The molecule has 1 amide bonds. The summed E-state index contributed by atoms with van der Waals surface area (Å²) in [6.45, 7) is -0.370. The van der Waals surface area contributed by atoms with E-state index in [-0.39, 0.29) is 11.4 Å². The van der Waals surface area contributed by atoms with Gasteiger partial charge in [0.2, 0.25) is 5.91 Å². The number of hydrogen-bond donors (Lipinski definition) is 1. The molecule has 0 radical (unpaired) electrons. The number of sulfonamides is 1. The van der Waals surface area contributed by atoms with Crippen LogP contribution in [0.3, 0.4) is 0 Å². The number of carbonyl (C=O) groups is 1. The first-order valence-electron chi connectivity index (χ1n) is 8.25. The fraction of sp³-hybridized carbons (Fsp3) is 0.0500. The van der Waals surface area contributed by atoms with E-state index in [2.05, 4.69) is 27.9 Å². The fourth-order valence-electron chi connectivity index (χ4n) is 2.51. The normalized spacial score (nSPS) is 11.1. The van der Waals surface area contributed by atoms with Gasteiger partial charge in [-0.1, -0.05) is 29.8 Å². The summed E-state index contributed by atoms with van der Waals surface area (Å²) < 4.78 is 28.4. The number of amides is 1. The molecule has 1 N–H and O–H groups in total. The zero-order chi connectivity index (χ0) is 20.1. The maximum absolute atomic E-state index is 13.2. The minimum atomic E-state index is -3.93. The van der Waals surface area contributed by atoms with Crippen LogP contribution in [0.4, 0.5) is 11.4 Å². The molecule has 0 aromatic heterocycles. The van der Waals surface area contributed by atoms with Gasteiger partial charge in [0.1, 0.15) is 6.54 Å². The molecule has 144 valence electrons. The molecule has 0 bridgehead atoms. The third kappa shape index (κ3) is 5.03. The largest absolute Gasteiger partial charge is 0.325 e. The van der Waals surface area contributed by atoms with E-state index in [9.17, 15) is 13.2 Å². The van der Waals surface area contributed by atoms with Gasteiger partial charge in [0.15, 0.2) is 0 Å². The smallest absolute Gasteiger partial charge is 0.264 e. The topological polar surface area (TPSA) is 66.5 Å².